The lowest BCUT2D eigenvalue weighted by Crippen LogP contribution is -2.03. The fourth-order valence-electron chi connectivity index (χ4n) is 2.25. The molecule has 0 amide bonds. The molecule has 132 valence electrons. The second-order valence-electron chi connectivity index (χ2n) is 4.95. The van der Waals surface area contributed by atoms with Crippen molar-refractivity contribution < 1.29 is 9.53 Å². The van der Waals surface area contributed by atoms with Crippen LogP contribution in [0.5, 0.6) is 0 Å². The van der Waals surface area contributed by atoms with Crippen LogP contribution >= 0.6 is 58.0 Å². The Morgan fingerprint density at radius 2 is 1.69 bits per heavy atom. The van der Waals surface area contributed by atoms with Crippen LogP contribution in [0.2, 0.25) is 25.1 Å². The van der Waals surface area contributed by atoms with Crippen molar-refractivity contribution in [3.63, 3.8) is 0 Å². The van der Waals surface area contributed by atoms with Gasteiger partial charge in [0.05, 0.1) is 39.9 Å². The molecule has 0 aliphatic rings. The van der Waals surface area contributed by atoms with Crippen molar-refractivity contribution in [1.82, 2.24) is 0 Å². The highest BCUT2D eigenvalue weighted by Crippen LogP contribution is 2.45. The number of nitriles is 1. The molecule has 2 aromatic rings. The number of carbonyl (C=O) groups is 1. The average Bonchev–Trinajstić information content (AvgIpc) is 2.61. The molecule has 0 heterocycles. The lowest BCUT2D eigenvalue weighted by atomic mass is 10.00. The first-order valence-corrected chi connectivity index (χ1v) is 8.68. The number of ether oxygens (including phenoxy) is 1. The van der Waals surface area contributed by atoms with Gasteiger partial charge < -0.3 is 4.74 Å². The van der Waals surface area contributed by atoms with Crippen LogP contribution in [0.15, 0.2) is 12.1 Å². The van der Waals surface area contributed by atoms with E-state index in [0.29, 0.717) is 5.56 Å². The number of benzene rings is 2. The van der Waals surface area contributed by atoms with Crippen molar-refractivity contribution in [3.8, 4) is 6.07 Å². The summed E-state index contributed by atoms with van der Waals surface area (Å²) in [6.45, 7) is 7.36. The van der Waals surface area contributed by atoms with Gasteiger partial charge in [-0.3, -0.25) is 0 Å². The molecule has 0 fully saturated rings. The molecule has 0 saturated carbocycles. The van der Waals surface area contributed by atoms with E-state index in [1.165, 1.54) is 19.2 Å². The number of hydrogen-bond acceptors (Lipinski definition) is 3. The summed E-state index contributed by atoms with van der Waals surface area (Å²) >= 11 is 30.9. The Balaban J connectivity index is 2.66. The van der Waals surface area contributed by atoms with Crippen LogP contribution in [0.1, 0.15) is 27.0 Å². The second-order valence-corrected chi connectivity index (χ2v) is 6.90. The summed E-state index contributed by atoms with van der Waals surface area (Å²) in [5.41, 5.74) is 0.793. The van der Waals surface area contributed by atoms with Crippen LogP contribution in [-0.4, -0.2) is 13.1 Å². The van der Waals surface area contributed by atoms with Gasteiger partial charge in [-0.2, -0.15) is 5.26 Å². The maximum absolute atomic E-state index is 11.6. The van der Waals surface area contributed by atoms with Crippen molar-refractivity contribution in [1.29, 1.82) is 5.26 Å². The molecule has 0 unspecified atom stereocenters. The monoisotopic (exact) mass is 446 g/mol. The molecule has 0 spiro atoms. The average molecular weight is 449 g/mol. The van der Waals surface area contributed by atoms with Crippen molar-refractivity contribution >= 4 is 69.7 Å². The van der Waals surface area contributed by atoms with Gasteiger partial charge in [-0.05, 0) is 29.7 Å². The lowest BCUT2D eigenvalue weighted by Gasteiger charge is -2.15. The van der Waals surface area contributed by atoms with Gasteiger partial charge in [-0.15, -0.1) is 0 Å². The third-order valence-electron chi connectivity index (χ3n) is 3.53. The molecule has 26 heavy (non-hydrogen) atoms. The maximum atomic E-state index is 11.6. The van der Waals surface area contributed by atoms with Gasteiger partial charge in [-0.1, -0.05) is 58.0 Å². The molecule has 0 N–H and O–H groups in total. The number of esters is 1. The first kappa shape index (κ1) is 20.6. The molecule has 9 heteroatoms. The molecule has 0 atom stereocenters. The van der Waals surface area contributed by atoms with Gasteiger partial charge in [0.25, 0.3) is 0 Å². The molecular formula is C17H7Cl5N2O2. The third kappa shape index (κ3) is 3.71. The smallest absolute Gasteiger partial charge is 0.337 e. The minimum Gasteiger partial charge on any atom is -0.465 e. The molecule has 4 nitrogen and oxygen atoms in total. The molecule has 2 aromatic carbocycles. The van der Waals surface area contributed by atoms with E-state index in [-0.39, 0.29) is 53.9 Å². The molecule has 0 aliphatic carbocycles. The molecular weight excluding hydrogens is 441 g/mol. The summed E-state index contributed by atoms with van der Waals surface area (Å²) < 4.78 is 4.63. The second kappa shape index (κ2) is 8.35. The molecule has 0 saturated heterocycles. The Bertz CT molecular complexity index is 983. The van der Waals surface area contributed by atoms with Crippen LogP contribution in [0.4, 0.5) is 5.69 Å². The summed E-state index contributed by atoms with van der Waals surface area (Å²) in [5, 5.41) is 9.38. The van der Waals surface area contributed by atoms with Gasteiger partial charge in [-0.25, -0.2) is 9.64 Å². The molecule has 0 aliphatic heterocycles. The van der Waals surface area contributed by atoms with Crippen molar-refractivity contribution in [2.75, 3.05) is 7.11 Å². The van der Waals surface area contributed by atoms with E-state index in [4.69, 9.17) is 69.8 Å². The number of halogens is 5. The number of hydrogen-bond donors (Lipinski definition) is 0. The van der Waals surface area contributed by atoms with E-state index in [1.807, 2.05) is 6.07 Å². The Kier molecular flexibility index (Phi) is 6.64. The number of carbonyl (C=O) groups excluding carboxylic acids is 1. The summed E-state index contributed by atoms with van der Waals surface area (Å²) in [4.78, 5) is 15.0. The zero-order chi connectivity index (χ0) is 19.6. The summed E-state index contributed by atoms with van der Waals surface area (Å²) in [7, 11) is 1.24. The number of methoxy groups -OCH3 is 1. The normalized spacial score (nSPS) is 10.2. The highest BCUT2D eigenvalue weighted by molar-refractivity contribution is 6.46. The summed E-state index contributed by atoms with van der Waals surface area (Å²) in [6, 6.07) is 4.62. The predicted molar refractivity (Wildman–Crippen MR) is 103 cm³/mol. The van der Waals surface area contributed by atoms with Gasteiger partial charge in [0, 0.05) is 10.0 Å². The number of nitrogens with zero attached hydrogens (tertiary/aromatic N) is 2. The highest BCUT2D eigenvalue weighted by Gasteiger charge is 2.23. The topological polar surface area (TPSA) is 54.5 Å². The Labute approximate surface area is 174 Å². The van der Waals surface area contributed by atoms with Crippen molar-refractivity contribution in [3.05, 3.63) is 70.9 Å². The minimum absolute atomic E-state index is 0.0122. The Hall–Kier alpha value is -1.66. The van der Waals surface area contributed by atoms with Gasteiger partial charge >= 0.3 is 5.97 Å². The first-order chi connectivity index (χ1) is 12.3. The van der Waals surface area contributed by atoms with E-state index in [0.717, 1.165) is 0 Å². The Morgan fingerprint density at radius 1 is 1.12 bits per heavy atom. The van der Waals surface area contributed by atoms with Crippen LogP contribution < -0.4 is 0 Å². The standard InChI is InChI=1S/C17H7Cl5N2O2/c1-24-16-9(13(20)14(21)10(6-23)15(16)22)5-8-11(18)3-7(4-12(8)19)17(25)26-2/h3-4H,5H2,2H3. The van der Waals surface area contributed by atoms with Gasteiger partial charge in [0.1, 0.15) is 6.07 Å². The molecule has 0 aromatic heterocycles. The van der Waals surface area contributed by atoms with Crippen LogP contribution in [-0.2, 0) is 11.2 Å². The van der Waals surface area contributed by atoms with E-state index < -0.39 is 5.97 Å². The zero-order valence-electron chi connectivity index (χ0n) is 13.0. The predicted octanol–water partition coefficient (Wildman–Crippen LogP) is 6.75. The fraction of sp³-hybridized carbons (Fsp3) is 0.118. The van der Waals surface area contributed by atoms with Gasteiger partial charge in [0.2, 0.25) is 5.69 Å². The van der Waals surface area contributed by atoms with E-state index in [2.05, 4.69) is 9.58 Å². The van der Waals surface area contributed by atoms with Gasteiger partial charge in [0.15, 0.2) is 0 Å². The van der Waals surface area contributed by atoms with E-state index in [1.54, 1.807) is 0 Å². The first-order valence-electron chi connectivity index (χ1n) is 6.79. The quantitative estimate of drug-likeness (QED) is 0.296. The van der Waals surface area contributed by atoms with Crippen molar-refractivity contribution in [2.24, 2.45) is 0 Å². The maximum Gasteiger partial charge on any atom is 0.337 e. The summed E-state index contributed by atoms with van der Waals surface area (Å²) in [5.74, 6) is -0.593. The molecule has 0 radical (unpaired) electrons. The largest absolute Gasteiger partial charge is 0.465 e. The number of rotatable bonds is 3. The minimum atomic E-state index is -0.593. The lowest BCUT2D eigenvalue weighted by molar-refractivity contribution is 0.0600. The van der Waals surface area contributed by atoms with Crippen LogP contribution in [0.25, 0.3) is 4.85 Å². The molecule has 0 bridgehead atoms. The third-order valence-corrected chi connectivity index (χ3v) is 5.46. The van der Waals surface area contributed by atoms with Crippen LogP contribution in [0.3, 0.4) is 0 Å². The highest BCUT2D eigenvalue weighted by atomic mass is 35.5. The van der Waals surface area contributed by atoms with E-state index in [9.17, 15) is 4.79 Å². The van der Waals surface area contributed by atoms with Crippen molar-refractivity contribution in [2.45, 2.75) is 6.42 Å². The zero-order valence-corrected chi connectivity index (χ0v) is 16.7. The SMILES string of the molecule is [C-]#[N+]c1c(Cl)c(C#N)c(Cl)c(Cl)c1Cc1c(Cl)cc(C(=O)OC)cc1Cl. The molecule has 2 rings (SSSR count). The fourth-order valence-corrected chi connectivity index (χ4v) is 3.72. The van der Waals surface area contributed by atoms with Crippen LogP contribution in [0, 0.1) is 17.9 Å². The Morgan fingerprint density at radius 3 is 2.15 bits per heavy atom. The summed E-state index contributed by atoms with van der Waals surface area (Å²) in [6.07, 6.45) is 0.0286. The van der Waals surface area contributed by atoms with E-state index >= 15 is 0 Å².